The molecule has 1 aromatic carbocycles. The van der Waals surface area contributed by atoms with E-state index in [-0.39, 0.29) is 0 Å². The second-order valence-corrected chi connectivity index (χ2v) is 4.34. The van der Waals surface area contributed by atoms with E-state index < -0.39 is 5.60 Å². The molecule has 0 saturated carbocycles. The fraction of sp³-hybridized carbons (Fsp3) is 0.500. The predicted molar refractivity (Wildman–Crippen MR) is 55.8 cm³/mol. The second-order valence-electron chi connectivity index (χ2n) is 4.34. The molecule has 1 heteroatoms. The van der Waals surface area contributed by atoms with Crippen molar-refractivity contribution < 1.29 is 5.11 Å². The van der Waals surface area contributed by atoms with E-state index in [1.807, 2.05) is 12.1 Å². The van der Waals surface area contributed by atoms with E-state index in [0.29, 0.717) is 5.92 Å². The largest absolute Gasteiger partial charge is 0.386 e. The molecule has 13 heavy (non-hydrogen) atoms. The molecular formula is C12H18O. The van der Waals surface area contributed by atoms with Crippen LogP contribution in [-0.2, 0) is 5.60 Å². The Morgan fingerprint density at radius 2 is 1.54 bits per heavy atom. The highest BCUT2D eigenvalue weighted by atomic mass is 16.3. The van der Waals surface area contributed by atoms with Crippen molar-refractivity contribution in [2.75, 3.05) is 0 Å². The molecule has 0 saturated heterocycles. The Hall–Kier alpha value is -0.820. The fourth-order valence-electron chi connectivity index (χ4n) is 1.28. The summed E-state index contributed by atoms with van der Waals surface area (Å²) in [7, 11) is 0. The Balaban J connectivity index is 2.94. The molecule has 0 fully saturated rings. The zero-order valence-electron chi connectivity index (χ0n) is 8.83. The van der Waals surface area contributed by atoms with E-state index in [1.165, 1.54) is 5.56 Å². The van der Waals surface area contributed by atoms with Gasteiger partial charge in [0, 0.05) is 0 Å². The monoisotopic (exact) mass is 178 g/mol. The van der Waals surface area contributed by atoms with Gasteiger partial charge in [0.05, 0.1) is 5.60 Å². The number of rotatable bonds is 2. The van der Waals surface area contributed by atoms with Crippen molar-refractivity contribution in [3.8, 4) is 0 Å². The van der Waals surface area contributed by atoms with Crippen LogP contribution in [0.2, 0.25) is 0 Å². The molecule has 0 heterocycles. The van der Waals surface area contributed by atoms with E-state index in [1.54, 1.807) is 13.8 Å². The molecule has 0 amide bonds. The van der Waals surface area contributed by atoms with Gasteiger partial charge in [-0.3, -0.25) is 0 Å². The van der Waals surface area contributed by atoms with Crippen LogP contribution in [0, 0.1) is 0 Å². The standard InChI is InChI=1S/C12H18O/c1-9(2)10-5-7-11(8-6-10)12(3,4)13/h5-9,13H,1-4H3. The smallest absolute Gasteiger partial charge is 0.0840 e. The van der Waals surface area contributed by atoms with Gasteiger partial charge in [-0.05, 0) is 30.9 Å². The minimum atomic E-state index is -0.727. The minimum Gasteiger partial charge on any atom is -0.386 e. The lowest BCUT2D eigenvalue weighted by atomic mass is 9.95. The molecule has 0 unspecified atom stereocenters. The summed E-state index contributed by atoms with van der Waals surface area (Å²) in [5, 5.41) is 9.72. The molecule has 0 aliphatic carbocycles. The Morgan fingerprint density at radius 3 is 1.85 bits per heavy atom. The van der Waals surface area contributed by atoms with E-state index >= 15 is 0 Å². The molecule has 1 rings (SSSR count). The van der Waals surface area contributed by atoms with Crippen LogP contribution in [0.15, 0.2) is 24.3 Å². The van der Waals surface area contributed by atoms with Gasteiger partial charge in [-0.15, -0.1) is 0 Å². The van der Waals surface area contributed by atoms with Crippen LogP contribution < -0.4 is 0 Å². The topological polar surface area (TPSA) is 20.2 Å². The van der Waals surface area contributed by atoms with Gasteiger partial charge in [-0.2, -0.15) is 0 Å². The fourth-order valence-corrected chi connectivity index (χ4v) is 1.28. The third-order valence-electron chi connectivity index (χ3n) is 2.28. The van der Waals surface area contributed by atoms with Crippen molar-refractivity contribution in [1.29, 1.82) is 0 Å². The molecule has 0 aliphatic heterocycles. The zero-order chi connectivity index (χ0) is 10.1. The van der Waals surface area contributed by atoms with Crippen molar-refractivity contribution >= 4 is 0 Å². The quantitative estimate of drug-likeness (QED) is 0.738. The van der Waals surface area contributed by atoms with Gasteiger partial charge in [0.2, 0.25) is 0 Å². The first kappa shape index (κ1) is 10.3. The Labute approximate surface area is 80.4 Å². The normalized spacial score (nSPS) is 12.2. The maximum absolute atomic E-state index is 9.72. The van der Waals surface area contributed by atoms with E-state index in [9.17, 15) is 5.11 Å². The molecule has 1 nitrogen and oxygen atoms in total. The van der Waals surface area contributed by atoms with E-state index in [0.717, 1.165) is 5.56 Å². The summed E-state index contributed by atoms with van der Waals surface area (Å²) in [6, 6.07) is 8.15. The highest BCUT2D eigenvalue weighted by Crippen LogP contribution is 2.22. The Bertz CT molecular complexity index is 264. The van der Waals surface area contributed by atoms with Crippen LogP contribution in [0.4, 0.5) is 0 Å². The lowest BCUT2D eigenvalue weighted by Gasteiger charge is -2.18. The lowest BCUT2D eigenvalue weighted by molar-refractivity contribution is 0.0786. The molecule has 0 aliphatic rings. The Morgan fingerprint density at radius 1 is 1.08 bits per heavy atom. The number of benzene rings is 1. The number of hydrogen-bond donors (Lipinski definition) is 1. The molecule has 0 aromatic heterocycles. The van der Waals surface area contributed by atoms with Crippen molar-refractivity contribution in [1.82, 2.24) is 0 Å². The summed E-state index contributed by atoms with van der Waals surface area (Å²) in [4.78, 5) is 0. The summed E-state index contributed by atoms with van der Waals surface area (Å²) >= 11 is 0. The highest BCUT2D eigenvalue weighted by Gasteiger charge is 2.15. The van der Waals surface area contributed by atoms with Crippen LogP contribution in [0.1, 0.15) is 44.7 Å². The third-order valence-corrected chi connectivity index (χ3v) is 2.28. The summed E-state index contributed by atoms with van der Waals surface area (Å²) < 4.78 is 0. The van der Waals surface area contributed by atoms with Crippen LogP contribution in [0.25, 0.3) is 0 Å². The first-order valence-electron chi connectivity index (χ1n) is 4.74. The molecule has 1 aromatic rings. The van der Waals surface area contributed by atoms with Gasteiger partial charge < -0.3 is 5.11 Å². The first-order valence-corrected chi connectivity index (χ1v) is 4.74. The molecule has 72 valence electrons. The van der Waals surface area contributed by atoms with Gasteiger partial charge >= 0.3 is 0 Å². The van der Waals surface area contributed by atoms with Gasteiger partial charge in [0.1, 0.15) is 0 Å². The molecule has 0 atom stereocenters. The number of aliphatic hydroxyl groups is 1. The maximum atomic E-state index is 9.72. The summed E-state index contributed by atoms with van der Waals surface area (Å²) in [6.07, 6.45) is 0. The SMILES string of the molecule is CC(C)c1ccc(C(C)(C)O)cc1. The zero-order valence-corrected chi connectivity index (χ0v) is 8.83. The van der Waals surface area contributed by atoms with E-state index in [4.69, 9.17) is 0 Å². The van der Waals surface area contributed by atoms with Crippen molar-refractivity contribution in [3.05, 3.63) is 35.4 Å². The summed E-state index contributed by atoms with van der Waals surface area (Å²) in [5.41, 5.74) is 1.56. The molecule has 0 radical (unpaired) electrons. The van der Waals surface area contributed by atoms with Crippen LogP contribution in [0.3, 0.4) is 0 Å². The maximum Gasteiger partial charge on any atom is 0.0840 e. The highest BCUT2D eigenvalue weighted by molar-refractivity contribution is 5.27. The first-order chi connectivity index (χ1) is 5.91. The lowest BCUT2D eigenvalue weighted by Crippen LogP contribution is -2.15. The van der Waals surface area contributed by atoms with Crippen LogP contribution >= 0.6 is 0 Å². The average molecular weight is 178 g/mol. The molecular weight excluding hydrogens is 160 g/mol. The minimum absolute atomic E-state index is 0.552. The van der Waals surface area contributed by atoms with Gasteiger partial charge in [0.25, 0.3) is 0 Å². The van der Waals surface area contributed by atoms with Crippen molar-refractivity contribution in [3.63, 3.8) is 0 Å². The third kappa shape index (κ3) is 2.56. The van der Waals surface area contributed by atoms with Crippen molar-refractivity contribution in [2.45, 2.75) is 39.2 Å². The van der Waals surface area contributed by atoms with Gasteiger partial charge in [-0.25, -0.2) is 0 Å². The van der Waals surface area contributed by atoms with Crippen LogP contribution in [-0.4, -0.2) is 5.11 Å². The van der Waals surface area contributed by atoms with Crippen LogP contribution in [0.5, 0.6) is 0 Å². The number of hydrogen-bond acceptors (Lipinski definition) is 1. The second kappa shape index (κ2) is 3.51. The Kier molecular flexibility index (Phi) is 2.77. The molecule has 1 N–H and O–H groups in total. The molecule has 0 spiro atoms. The van der Waals surface area contributed by atoms with Crippen molar-refractivity contribution in [2.24, 2.45) is 0 Å². The van der Waals surface area contributed by atoms with Gasteiger partial charge in [0.15, 0.2) is 0 Å². The predicted octanol–water partition coefficient (Wildman–Crippen LogP) is 3.04. The average Bonchev–Trinajstić information content (AvgIpc) is 2.03. The molecule has 0 bridgehead atoms. The van der Waals surface area contributed by atoms with Gasteiger partial charge in [-0.1, -0.05) is 38.1 Å². The van der Waals surface area contributed by atoms with E-state index in [2.05, 4.69) is 26.0 Å². The summed E-state index contributed by atoms with van der Waals surface area (Å²) in [6.45, 7) is 7.94. The summed E-state index contributed by atoms with van der Waals surface area (Å²) in [5.74, 6) is 0.552.